The van der Waals surface area contributed by atoms with Gasteiger partial charge in [0.25, 0.3) is 0 Å². The van der Waals surface area contributed by atoms with Crippen LogP contribution in [0.2, 0.25) is 0 Å². The molecular weight excluding hydrogens is 404 g/mol. The molecule has 4 rings (SSSR count). The second-order valence-corrected chi connectivity index (χ2v) is 9.21. The molecule has 164 valence electrons. The molecule has 5 nitrogen and oxygen atoms in total. The van der Waals surface area contributed by atoms with Crippen LogP contribution in [0.5, 0.6) is 0 Å². The number of amides is 1. The summed E-state index contributed by atoms with van der Waals surface area (Å²) in [6.45, 7) is 7.52. The third-order valence-electron chi connectivity index (χ3n) is 6.25. The fourth-order valence-electron chi connectivity index (χ4n) is 4.52. The summed E-state index contributed by atoms with van der Waals surface area (Å²) in [6, 6.07) is 16.8. The van der Waals surface area contributed by atoms with Gasteiger partial charge in [0.1, 0.15) is 0 Å². The largest absolute Gasteiger partial charge is 0.371 e. The average molecular weight is 437 g/mol. The Kier molecular flexibility index (Phi) is 6.76. The Balaban J connectivity index is 1.34. The highest BCUT2D eigenvalue weighted by Crippen LogP contribution is 2.26. The Bertz CT molecular complexity index is 929. The van der Waals surface area contributed by atoms with Crippen molar-refractivity contribution in [2.24, 2.45) is 5.92 Å². The fraction of sp³-hybridized carbons (Fsp3) is 0.440. The van der Waals surface area contributed by atoms with Crippen LogP contribution in [0.15, 0.2) is 48.5 Å². The molecule has 2 aliphatic heterocycles. The lowest BCUT2D eigenvalue weighted by Gasteiger charge is -2.33. The first kappa shape index (κ1) is 21.6. The number of hydrogen-bond acceptors (Lipinski definition) is 3. The van der Waals surface area contributed by atoms with Gasteiger partial charge in [0, 0.05) is 43.1 Å². The van der Waals surface area contributed by atoms with E-state index in [4.69, 9.17) is 12.2 Å². The van der Waals surface area contributed by atoms with Gasteiger partial charge in [-0.1, -0.05) is 25.1 Å². The first-order chi connectivity index (χ1) is 15.0. The van der Waals surface area contributed by atoms with Crippen molar-refractivity contribution in [1.82, 2.24) is 5.32 Å². The van der Waals surface area contributed by atoms with Crippen molar-refractivity contribution < 1.29 is 4.79 Å². The normalized spacial score (nSPS) is 19.9. The average Bonchev–Trinajstić information content (AvgIpc) is 3.20. The van der Waals surface area contributed by atoms with Crippen molar-refractivity contribution in [3.63, 3.8) is 0 Å². The number of piperidine rings is 1. The molecule has 2 fully saturated rings. The molecule has 0 aromatic heterocycles. The van der Waals surface area contributed by atoms with E-state index in [1.54, 1.807) is 0 Å². The summed E-state index contributed by atoms with van der Waals surface area (Å²) in [6.07, 6.45) is 4.15. The van der Waals surface area contributed by atoms with Crippen LogP contribution in [0.3, 0.4) is 0 Å². The Labute approximate surface area is 190 Å². The Morgan fingerprint density at radius 3 is 2.61 bits per heavy atom. The van der Waals surface area contributed by atoms with Crippen molar-refractivity contribution in [2.45, 2.75) is 45.6 Å². The lowest BCUT2D eigenvalue weighted by atomic mass is 9.99. The van der Waals surface area contributed by atoms with Gasteiger partial charge in [0.05, 0.1) is 6.04 Å². The van der Waals surface area contributed by atoms with Gasteiger partial charge in [-0.3, -0.25) is 4.79 Å². The molecule has 2 aliphatic rings. The van der Waals surface area contributed by atoms with Crippen LogP contribution in [0.25, 0.3) is 0 Å². The van der Waals surface area contributed by atoms with Crippen molar-refractivity contribution in [3.05, 3.63) is 54.1 Å². The van der Waals surface area contributed by atoms with Crippen LogP contribution in [0.1, 0.15) is 51.1 Å². The fourth-order valence-corrected chi connectivity index (χ4v) is 4.81. The first-order valence-electron chi connectivity index (χ1n) is 11.3. The maximum absolute atomic E-state index is 12.0. The third kappa shape index (κ3) is 5.37. The van der Waals surface area contributed by atoms with Gasteiger partial charge in [0.2, 0.25) is 5.91 Å². The van der Waals surface area contributed by atoms with Crippen LogP contribution in [-0.4, -0.2) is 30.7 Å². The number of rotatable bonds is 5. The van der Waals surface area contributed by atoms with Crippen molar-refractivity contribution in [3.8, 4) is 0 Å². The number of carbonyl (C=O) groups is 1. The third-order valence-corrected chi connectivity index (χ3v) is 6.47. The van der Waals surface area contributed by atoms with E-state index < -0.39 is 0 Å². The summed E-state index contributed by atoms with van der Waals surface area (Å²) < 4.78 is 0. The first-order valence-corrected chi connectivity index (χ1v) is 11.7. The Morgan fingerprint density at radius 1 is 1.10 bits per heavy atom. The zero-order chi connectivity index (χ0) is 21.8. The van der Waals surface area contributed by atoms with E-state index in [0.717, 1.165) is 43.3 Å². The molecule has 2 atom stereocenters. The second kappa shape index (κ2) is 9.69. The van der Waals surface area contributed by atoms with Crippen molar-refractivity contribution in [2.75, 3.05) is 34.8 Å². The molecule has 6 heteroatoms. The molecule has 2 aromatic rings. The number of carbonyl (C=O) groups excluding carboxylic acids is 1. The molecule has 0 bridgehead atoms. The molecule has 2 N–H and O–H groups in total. The highest BCUT2D eigenvalue weighted by atomic mass is 32.1. The summed E-state index contributed by atoms with van der Waals surface area (Å²) in [5.74, 6) is 0.952. The van der Waals surface area contributed by atoms with E-state index in [2.05, 4.69) is 53.6 Å². The SMILES string of the molecule is C[C@H]1CCCN(c2ccc([C@@H](C)NC(=S)Nc3cccc(N4CCCC4=O)c3)cc2)C1. The molecule has 0 aliphatic carbocycles. The van der Waals surface area contributed by atoms with Crippen LogP contribution in [0.4, 0.5) is 17.1 Å². The molecule has 1 amide bonds. The second-order valence-electron chi connectivity index (χ2n) is 8.80. The Hall–Kier alpha value is -2.60. The quantitative estimate of drug-likeness (QED) is 0.639. The van der Waals surface area contributed by atoms with E-state index in [1.807, 2.05) is 29.2 Å². The minimum absolute atomic E-state index is 0.0951. The van der Waals surface area contributed by atoms with Crippen LogP contribution in [0, 0.1) is 5.92 Å². The number of benzene rings is 2. The summed E-state index contributed by atoms with van der Waals surface area (Å²) in [5, 5.41) is 7.21. The molecule has 0 spiro atoms. The zero-order valence-corrected chi connectivity index (χ0v) is 19.3. The molecule has 2 aromatic carbocycles. The lowest BCUT2D eigenvalue weighted by molar-refractivity contribution is -0.117. The van der Waals surface area contributed by atoms with Gasteiger partial charge < -0.3 is 20.4 Å². The topological polar surface area (TPSA) is 47.6 Å². The maximum atomic E-state index is 12.0. The maximum Gasteiger partial charge on any atom is 0.227 e. The van der Waals surface area contributed by atoms with Gasteiger partial charge in [-0.2, -0.15) is 0 Å². The lowest BCUT2D eigenvalue weighted by Crippen LogP contribution is -2.34. The molecule has 0 unspecified atom stereocenters. The van der Waals surface area contributed by atoms with E-state index in [0.29, 0.717) is 11.5 Å². The molecule has 2 heterocycles. The molecular formula is C25H32N4OS. The minimum Gasteiger partial charge on any atom is -0.371 e. The van der Waals surface area contributed by atoms with Crippen LogP contribution in [-0.2, 0) is 4.79 Å². The number of nitrogens with zero attached hydrogens (tertiary/aromatic N) is 2. The summed E-state index contributed by atoms with van der Waals surface area (Å²) in [4.78, 5) is 16.3. The highest BCUT2D eigenvalue weighted by Gasteiger charge is 2.22. The number of hydrogen-bond donors (Lipinski definition) is 2. The smallest absolute Gasteiger partial charge is 0.227 e. The highest BCUT2D eigenvalue weighted by molar-refractivity contribution is 7.80. The van der Waals surface area contributed by atoms with E-state index in [9.17, 15) is 4.79 Å². The molecule has 31 heavy (non-hydrogen) atoms. The molecule has 0 saturated carbocycles. The number of anilines is 3. The van der Waals surface area contributed by atoms with Crippen molar-refractivity contribution >= 4 is 40.3 Å². The molecule has 2 saturated heterocycles. The minimum atomic E-state index is 0.0951. The van der Waals surface area contributed by atoms with Gasteiger partial charge in [-0.15, -0.1) is 0 Å². The van der Waals surface area contributed by atoms with E-state index >= 15 is 0 Å². The summed E-state index contributed by atoms with van der Waals surface area (Å²) in [5.41, 5.74) is 4.31. The van der Waals surface area contributed by atoms with E-state index in [1.165, 1.54) is 24.1 Å². The number of thiocarbonyl (C=S) groups is 1. The van der Waals surface area contributed by atoms with Gasteiger partial charge in [-0.05, 0) is 80.2 Å². The van der Waals surface area contributed by atoms with Gasteiger partial charge in [-0.25, -0.2) is 0 Å². The molecule has 0 radical (unpaired) electrons. The van der Waals surface area contributed by atoms with Crippen LogP contribution >= 0.6 is 12.2 Å². The zero-order valence-electron chi connectivity index (χ0n) is 18.4. The Morgan fingerprint density at radius 2 is 1.90 bits per heavy atom. The predicted octanol–water partition coefficient (Wildman–Crippen LogP) is 5.10. The monoisotopic (exact) mass is 436 g/mol. The van der Waals surface area contributed by atoms with Gasteiger partial charge >= 0.3 is 0 Å². The standard InChI is InChI=1S/C25H32N4OS/c1-18-6-4-14-28(17-18)22-12-10-20(11-13-22)19(2)26-25(31)27-21-7-3-8-23(16-21)29-15-5-9-24(29)30/h3,7-8,10-13,16,18-19H,4-6,9,14-15,17H2,1-2H3,(H2,26,27,31)/t18-,19+/m0/s1. The number of nitrogens with one attached hydrogen (secondary N) is 2. The van der Waals surface area contributed by atoms with Crippen LogP contribution < -0.4 is 20.4 Å². The predicted molar refractivity (Wildman–Crippen MR) is 133 cm³/mol. The summed E-state index contributed by atoms with van der Waals surface area (Å²) in [7, 11) is 0. The van der Waals surface area contributed by atoms with Gasteiger partial charge in [0.15, 0.2) is 5.11 Å². The van der Waals surface area contributed by atoms with Crippen molar-refractivity contribution in [1.29, 1.82) is 0 Å². The van der Waals surface area contributed by atoms with E-state index in [-0.39, 0.29) is 11.9 Å². The summed E-state index contributed by atoms with van der Waals surface area (Å²) >= 11 is 5.54.